The summed E-state index contributed by atoms with van der Waals surface area (Å²) in [7, 11) is 0. The van der Waals surface area contributed by atoms with Gasteiger partial charge in [-0.1, -0.05) is 18.2 Å². The number of carbonyl (C=O) groups is 1. The molecule has 0 amide bonds. The Morgan fingerprint density at radius 1 is 1.40 bits per heavy atom. The first-order valence-corrected chi connectivity index (χ1v) is 5.97. The van der Waals surface area contributed by atoms with Crippen LogP contribution in [0.5, 0.6) is 0 Å². The number of thiocarbonyl (C=S) groups is 1. The smallest absolute Gasteiger partial charge is 0.184 e. The molecule has 2 aromatic rings. The van der Waals surface area contributed by atoms with Gasteiger partial charge in [-0.3, -0.25) is 5.43 Å². The Kier molecular flexibility index (Phi) is 4.11. The zero-order valence-corrected chi connectivity index (χ0v) is 11.0. The third-order valence-electron chi connectivity index (χ3n) is 2.38. The lowest BCUT2D eigenvalue weighted by molar-refractivity contribution is -0.255. The maximum Gasteiger partial charge on any atom is 0.184 e. The van der Waals surface area contributed by atoms with Crippen LogP contribution in [-0.2, 0) is 0 Å². The number of hydrogen-bond donors (Lipinski definition) is 2. The molecule has 2 rings (SSSR count). The fourth-order valence-electron chi connectivity index (χ4n) is 1.54. The van der Waals surface area contributed by atoms with E-state index in [1.54, 1.807) is 24.3 Å². The third-order valence-corrected chi connectivity index (χ3v) is 2.47. The Hall–Kier alpha value is -2.67. The Morgan fingerprint density at radius 3 is 2.90 bits per heavy atom. The molecule has 0 aliphatic heterocycles. The first kappa shape index (κ1) is 13.8. The molecule has 0 saturated heterocycles. The highest BCUT2D eigenvalue weighted by Crippen LogP contribution is 2.22. The average Bonchev–Trinajstić information content (AvgIpc) is 2.87. The summed E-state index contributed by atoms with van der Waals surface area (Å²) in [5, 5.41) is 14.6. The van der Waals surface area contributed by atoms with E-state index in [0.29, 0.717) is 17.1 Å². The number of rotatable bonds is 4. The molecule has 6 nitrogen and oxygen atoms in total. The lowest BCUT2D eigenvalue weighted by atomic mass is 10.1. The van der Waals surface area contributed by atoms with Gasteiger partial charge in [-0.15, -0.1) is 0 Å². The van der Waals surface area contributed by atoms with Gasteiger partial charge in [0.05, 0.1) is 12.2 Å². The summed E-state index contributed by atoms with van der Waals surface area (Å²) in [4.78, 5) is 10.8. The second kappa shape index (κ2) is 5.98. The summed E-state index contributed by atoms with van der Waals surface area (Å²) >= 11 is 4.59. The van der Waals surface area contributed by atoms with E-state index < -0.39 is 5.97 Å². The Balaban J connectivity index is 2.20. The molecule has 1 aromatic carbocycles. The quantitative estimate of drug-likeness (QED) is 0.482. The van der Waals surface area contributed by atoms with E-state index in [-0.39, 0.29) is 10.7 Å². The molecule has 0 aliphatic carbocycles. The molecule has 102 valence electrons. The number of aromatic carboxylic acids is 1. The first-order valence-electron chi connectivity index (χ1n) is 5.56. The number of nitrogens with zero attached hydrogens (tertiary/aromatic N) is 1. The monoisotopic (exact) mass is 288 g/mol. The third kappa shape index (κ3) is 3.42. The number of furan rings is 1. The molecule has 1 heterocycles. The van der Waals surface area contributed by atoms with E-state index in [1.165, 1.54) is 18.3 Å². The number of carbonyl (C=O) groups excluding carboxylic acids is 1. The zero-order chi connectivity index (χ0) is 14.5. The van der Waals surface area contributed by atoms with E-state index in [2.05, 4.69) is 22.7 Å². The lowest BCUT2D eigenvalue weighted by Crippen LogP contribution is -2.23. The van der Waals surface area contributed by atoms with Crippen molar-refractivity contribution in [3.8, 4) is 11.3 Å². The second-order valence-electron chi connectivity index (χ2n) is 3.80. The van der Waals surface area contributed by atoms with Crippen molar-refractivity contribution in [2.24, 2.45) is 10.8 Å². The molecule has 0 saturated carbocycles. The SMILES string of the molecule is NC(=S)N/N=C\c1ccc(-c2cccc(C(=O)[O-])c2)o1. The predicted octanol–water partition coefficient (Wildman–Crippen LogP) is 0.477. The van der Waals surface area contributed by atoms with Gasteiger partial charge < -0.3 is 20.1 Å². The highest BCUT2D eigenvalue weighted by atomic mass is 32.1. The molecule has 0 atom stereocenters. The highest BCUT2D eigenvalue weighted by molar-refractivity contribution is 7.80. The summed E-state index contributed by atoms with van der Waals surface area (Å²) in [6, 6.07) is 9.67. The van der Waals surface area contributed by atoms with Crippen molar-refractivity contribution in [3.05, 3.63) is 47.7 Å². The lowest BCUT2D eigenvalue weighted by Gasteiger charge is -2.03. The van der Waals surface area contributed by atoms with Gasteiger partial charge >= 0.3 is 0 Å². The molecule has 0 bridgehead atoms. The molecule has 20 heavy (non-hydrogen) atoms. The van der Waals surface area contributed by atoms with E-state index in [4.69, 9.17) is 10.2 Å². The van der Waals surface area contributed by atoms with Crippen LogP contribution in [0.25, 0.3) is 11.3 Å². The van der Waals surface area contributed by atoms with Crippen LogP contribution >= 0.6 is 12.2 Å². The van der Waals surface area contributed by atoms with Crippen molar-refractivity contribution in [2.75, 3.05) is 0 Å². The van der Waals surface area contributed by atoms with Crippen LogP contribution in [0.1, 0.15) is 16.1 Å². The van der Waals surface area contributed by atoms with Crippen LogP contribution in [-0.4, -0.2) is 17.3 Å². The van der Waals surface area contributed by atoms with Gasteiger partial charge in [-0.05, 0) is 36.0 Å². The zero-order valence-electron chi connectivity index (χ0n) is 10.2. The number of carboxylic acid groups (broad SMARTS) is 1. The van der Waals surface area contributed by atoms with Gasteiger partial charge in [-0.25, -0.2) is 0 Å². The van der Waals surface area contributed by atoms with Gasteiger partial charge in [0, 0.05) is 5.56 Å². The van der Waals surface area contributed by atoms with E-state index in [1.807, 2.05) is 0 Å². The van der Waals surface area contributed by atoms with E-state index in [9.17, 15) is 9.90 Å². The molecule has 7 heteroatoms. The summed E-state index contributed by atoms with van der Waals surface area (Å²) in [6.45, 7) is 0. The van der Waals surface area contributed by atoms with Gasteiger partial charge in [0.1, 0.15) is 11.5 Å². The number of nitrogens with one attached hydrogen (secondary N) is 1. The van der Waals surface area contributed by atoms with Crippen LogP contribution in [0.3, 0.4) is 0 Å². The molecule has 0 unspecified atom stereocenters. The topological polar surface area (TPSA) is 104 Å². The minimum Gasteiger partial charge on any atom is -0.545 e. The Labute approximate surface area is 119 Å². The van der Waals surface area contributed by atoms with Crippen molar-refractivity contribution in [2.45, 2.75) is 0 Å². The number of hydrogen-bond acceptors (Lipinski definition) is 5. The summed E-state index contributed by atoms with van der Waals surface area (Å²) in [5.41, 5.74) is 8.33. The number of benzene rings is 1. The predicted molar refractivity (Wildman–Crippen MR) is 76.0 cm³/mol. The first-order chi connectivity index (χ1) is 9.56. The average molecular weight is 288 g/mol. The largest absolute Gasteiger partial charge is 0.545 e. The van der Waals surface area contributed by atoms with Crippen molar-refractivity contribution >= 4 is 29.5 Å². The Morgan fingerprint density at radius 2 is 2.20 bits per heavy atom. The summed E-state index contributed by atoms with van der Waals surface area (Å²) in [6.07, 6.45) is 1.41. The van der Waals surface area contributed by atoms with Crippen LogP contribution in [0.2, 0.25) is 0 Å². The van der Waals surface area contributed by atoms with Gasteiger partial charge in [0.15, 0.2) is 5.11 Å². The van der Waals surface area contributed by atoms with Crippen molar-refractivity contribution in [1.82, 2.24) is 5.43 Å². The van der Waals surface area contributed by atoms with E-state index in [0.717, 1.165) is 0 Å². The van der Waals surface area contributed by atoms with Gasteiger partial charge in [-0.2, -0.15) is 5.10 Å². The maximum absolute atomic E-state index is 10.8. The van der Waals surface area contributed by atoms with E-state index >= 15 is 0 Å². The highest BCUT2D eigenvalue weighted by Gasteiger charge is 2.04. The summed E-state index contributed by atoms with van der Waals surface area (Å²) in [5.74, 6) is -0.242. The fraction of sp³-hybridized carbons (Fsp3) is 0. The van der Waals surface area contributed by atoms with Gasteiger partial charge in [0.25, 0.3) is 0 Å². The molecule has 1 aromatic heterocycles. The molecule has 0 aliphatic rings. The standard InChI is InChI=1S/C13H11N3O3S/c14-13(20)16-15-7-10-4-5-11(19-10)8-2-1-3-9(6-8)12(17)18/h1-7H,(H,17,18)(H3,14,16,20)/p-1/b15-7-. The van der Waals surface area contributed by atoms with Crippen molar-refractivity contribution in [3.63, 3.8) is 0 Å². The maximum atomic E-state index is 10.8. The van der Waals surface area contributed by atoms with Crippen LogP contribution in [0.4, 0.5) is 0 Å². The molecular formula is C13H10N3O3S-. The Bertz CT molecular complexity index is 679. The number of nitrogens with two attached hydrogens (primary N) is 1. The normalized spacial score (nSPS) is 10.6. The van der Waals surface area contributed by atoms with Crippen molar-refractivity contribution in [1.29, 1.82) is 0 Å². The number of hydrazone groups is 1. The molecule has 0 radical (unpaired) electrons. The minimum atomic E-state index is -1.24. The van der Waals surface area contributed by atoms with Crippen LogP contribution in [0, 0.1) is 0 Å². The van der Waals surface area contributed by atoms with Gasteiger partial charge in [0.2, 0.25) is 0 Å². The van der Waals surface area contributed by atoms with Crippen LogP contribution in [0.15, 0.2) is 45.9 Å². The van der Waals surface area contributed by atoms with Crippen LogP contribution < -0.4 is 16.3 Å². The van der Waals surface area contributed by atoms with Crippen molar-refractivity contribution < 1.29 is 14.3 Å². The second-order valence-corrected chi connectivity index (χ2v) is 4.24. The number of carboxylic acids is 1. The minimum absolute atomic E-state index is 0.0506. The molecular weight excluding hydrogens is 278 g/mol. The summed E-state index contributed by atoms with van der Waals surface area (Å²) < 4.78 is 5.50. The molecule has 0 fully saturated rings. The molecule has 3 N–H and O–H groups in total. The fourth-order valence-corrected chi connectivity index (χ4v) is 1.59. The molecule has 0 spiro atoms.